The number of nitrogens with two attached hydrogens (primary N) is 1. The number of phosphoric acid groups is 1. The number of ether oxygens (including phenoxy) is 2. The van der Waals surface area contributed by atoms with E-state index in [-0.39, 0.29) is 32.1 Å². The van der Waals surface area contributed by atoms with Gasteiger partial charge in [-0.3, -0.25) is 23.4 Å². The monoisotopic (exact) mass is 815 g/mol. The van der Waals surface area contributed by atoms with Crippen molar-refractivity contribution < 1.29 is 57.7 Å². The third kappa shape index (κ3) is 34.6. The summed E-state index contributed by atoms with van der Waals surface area (Å²) in [6.07, 6.45) is 32.1. The number of carboxylic acids is 1. The maximum atomic E-state index is 12.6. The molecule has 0 spiro atoms. The highest BCUT2D eigenvalue weighted by Gasteiger charge is 2.28. The third-order valence-electron chi connectivity index (χ3n) is 8.79. The van der Waals surface area contributed by atoms with Gasteiger partial charge in [-0.25, -0.2) is 4.57 Å². The van der Waals surface area contributed by atoms with Crippen LogP contribution in [0.3, 0.4) is 0 Å². The van der Waals surface area contributed by atoms with Crippen LogP contribution >= 0.6 is 7.82 Å². The van der Waals surface area contributed by atoms with Crippen LogP contribution in [0.4, 0.5) is 0 Å². The molecule has 0 aliphatic heterocycles. The molecule has 5 atom stereocenters. The predicted molar refractivity (Wildman–Crippen MR) is 220 cm³/mol. The van der Waals surface area contributed by atoms with Crippen LogP contribution < -0.4 is 5.73 Å². The molecular formula is C42H74NO12P. The summed E-state index contributed by atoms with van der Waals surface area (Å²) in [7, 11) is -4.80. The number of aliphatic hydroxyl groups is 2. The molecule has 0 rings (SSSR count). The molecule has 0 heterocycles. The summed E-state index contributed by atoms with van der Waals surface area (Å²) in [6, 6.07) is -1.57. The highest BCUT2D eigenvalue weighted by atomic mass is 31.2. The number of allylic oxidation sites excluding steroid dienone is 7. The van der Waals surface area contributed by atoms with E-state index in [0.29, 0.717) is 12.8 Å². The van der Waals surface area contributed by atoms with Crippen molar-refractivity contribution in [3.63, 3.8) is 0 Å². The second-order valence-corrected chi connectivity index (χ2v) is 15.5. The molecule has 0 aliphatic carbocycles. The van der Waals surface area contributed by atoms with Gasteiger partial charge in [0.25, 0.3) is 0 Å². The number of aliphatic hydroxyl groups excluding tert-OH is 2. The van der Waals surface area contributed by atoms with Gasteiger partial charge in [-0.05, 0) is 51.4 Å². The summed E-state index contributed by atoms with van der Waals surface area (Å²) < 4.78 is 32.4. The van der Waals surface area contributed by atoms with E-state index in [9.17, 15) is 34.1 Å². The molecule has 0 aromatic rings. The van der Waals surface area contributed by atoms with Crippen molar-refractivity contribution in [3.05, 3.63) is 48.6 Å². The zero-order chi connectivity index (χ0) is 41.7. The van der Waals surface area contributed by atoms with E-state index < -0.39 is 69.9 Å². The Labute approximate surface area is 336 Å². The Bertz CT molecular complexity index is 1170. The molecule has 14 heteroatoms. The number of phosphoric ester groups is 1. The van der Waals surface area contributed by atoms with Gasteiger partial charge >= 0.3 is 25.7 Å². The number of rotatable bonds is 38. The Hall–Kier alpha value is -2.64. The number of carbonyl (C=O) groups excluding carboxylic acids is 2. The Balaban J connectivity index is 4.65. The van der Waals surface area contributed by atoms with Gasteiger partial charge < -0.3 is 35.4 Å². The molecule has 0 fully saturated rings. The van der Waals surface area contributed by atoms with Gasteiger partial charge in [-0.15, -0.1) is 0 Å². The van der Waals surface area contributed by atoms with Crippen molar-refractivity contribution in [2.24, 2.45) is 5.73 Å². The largest absolute Gasteiger partial charge is 0.480 e. The maximum Gasteiger partial charge on any atom is 0.472 e. The van der Waals surface area contributed by atoms with Crippen molar-refractivity contribution in [2.45, 2.75) is 179 Å². The molecule has 0 amide bonds. The summed E-state index contributed by atoms with van der Waals surface area (Å²) in [4.78, 5) is 45.9. The lowest BCUT2D eigenvalue weighted by atomic mass is 10.0. The first-order chi connectivity index (χ1) is 26.9. The predicted octanol–water partition coefficient (Wildman–Crippen LogP) is 8.56. The lowest BCUT2D eigenvalue weighted by molar-refractivity contribution is -0.161. The topological polar surface area (TPSA) is 212 Å². The molecule has 324 valence electrons. The second kappa shape index (κ2) is 36.7. The standard InChI is InChI=1S/C42H74NO12P/c1-3-5-7-9-11-13-15-17-19-21-23-25-27-31-40(46)52-33-36(34-53-56(50,51)54-35-37(43)42(48)49)55-41(47)32-28-30-39(45)38(44)29-26-24-22-20-18-16-14-12-10-8-6-4-2/h6,8,12,14,18,20,24,26,36-39,44-45H,3-5,7,9-11,13,15-17,19,21-23,25,27-35,43H2,1-2H3,(H,48,49)(H,50,51)/b8-6-,14-12-,20-18-,26-24-/t36-,37+,38-,39-/m1/s1. The van der Waals surface area contributed by atoms with E-state index in [2.05, 4.69) is 48.8 Å². The summed E-state index contributed by atoms with van der Waals surface area (Å²) in [5.41, 5.74) is 5.31. The van der Waals surface area contributed by atoms with Gasteiger partial charge in [0, 0.05) is 12.8 Å². The highest BCUT2D eigenvalue weighted by Crippen LogP contribution is 2.43. The van der Waals surface area contributed by atoms with Crippen LogP contribution in [0.25, 0.3) is 0 Å². The van der Waals surface area contributed by atoms with Gasteiger partial charge in [0.2, 0.25) is 0 Å². The van der Waals surface area contributed by atoms with E-state index in [0.717, 1.165) is 38.5 Å². The zero-order valence-corrected chi connectivity index (χ0v) is 35.1. The Morgan fingerprint density at radius 2 is 1.11 bits per heavy atom. The average molecular weight is 816 g/mol. The lowest BCUT2D eigenvalue weighted by Gasteiger charge is -2.20. The minimum atomic E-state index is -4.80. The first-order valence-corrected chi connectivity index (χ1v) is 22.3. The van der Waals surface area contributed by atoms with Gasteiger partial charge in [0.05, 0.1) is 25.4 Å². The number of carbonyl (C=O) groups is 3. The molecular weight excluding hydrogens is 741 g/mol. The molecule has 0 aromatic heterocycles. The number of hydrogen-bond donors (Lipinski definition) is 5. The maximum absolute atomic E-state index is 12.6. The summed E-state index contributed by atoms with van der Waals surface area (Å²) >= 11 is 0. The molecule has 56 heavy (non-hydrogen) atoms. The molecule has 6 N–H and O–H groups in total. The SMILES string of the molecule is CC/C=C\C/C=C\C/C=C\C/C=C\C[C@@H](O)[C@H](O)CCCC(=O)O[C@H](COC(=O)CCCCCCCCCCCCCCC)COP(=O)(O)OC[C@H](N)C(=O)O. The molecule has 13 nitrogen and oxygen atoms in total. The molecule has 0 saturated heterocycles. The van der Waals surface area contributed by atoms with Crippen molar-refractivity contribution in [1.82, 2.24) is 0 Å². The lowest BCUT2D eigenvalue weighted by Crippen LogP contribution is -2.34. The molecule has 0 aliphatic rings. The van der Waals surface area contributed by atoms with Crippen LogP contribution in [0.1, 0.15) is 155 Å². The van der Waals surface area contributed by atoms with E-state index in [1.165, 1.54) is 57.8 Å². The number of carboxylic acid groups (broad SMARTS) is 1. The molecule has 1 unspecified atom stereocenters. The van der Waals surface area contributed by atoms with E-state index >= 15 is 0 Å². The number of unbranched alkanes of at least 4 members (excludes halogenated alkanes) is 12. The van der Waals surface area contributed by atoms with E-state index in [1.807, 2.05) is 12.2 Å². The van der Waals surface area contributed by atoms with Gasteiger partial charge in [-0.1, -0.05) is 140 Å². The zero-order valence-electron chi connectivity index (χ0n) is 34.2. The summed E-state index contributed by atoms with van der Waals surface area (Å²) in [6.45, 7) is 2.37. The van der Waals surface area contributed by atoms with Crippen LogP contribution in [-0.2, 0) is 37.5 Å². The Kier molecular flexibility index (Phi) is 35.0. The van der Waals surface area contributed by atoms with Gasteiger partial charge in [0.1, 0.15) is 12.6 Å². The highest BCUT2D eigenvalue weighted by molar-refractivity contribution is 7.47. The Morgan fingerprint density at radius 3 is 1.64 bits per heavy atom. The van der Waals surface area contributed by atoms with E-state index in [4.69, 9.17) is 24.8 Å². The molecule has 0 radical (unpaired) electrons. The first kappa shape index (κ1) is 53.4. The fraction of sp³-hybridized carbons (Fsp3) is 0.738. The van der Waals surface area contributed by atoms with Crippen LogP contribution in [0.5, 0.6) is 0 Å². The van der Waals surface area contributed by atoms with Crippen LogP contribution in [0.2, 0.25) is 0 Å². The summed E-state index contributed by atoms with van der Waals surface area (Å²) in [5.74, 6) is -2.71. The van der Waals surface area contributed by atoms with Crippen LogP contribution in [-0.4, -0.2) is 82.3 Å². The Morgan fingerprint density at radius 1 is 0.625 bits per heavy atom. The molecule has 0 aromatic carbocycles. The van der Waals surface area contributed by atoms with E-state index in [1.54, 1.807) is 6.08 Å². The second-order valence-electron chi connectivity index (χ2n) is 14.1. The average Bonchev–Trinajstić information content (AvgIpc) is 3.16. The quantitative estimate of drug-likeness (QED) is 0.0171. The number of aliphatic carboxylic acids is 1. The number of hydrogen-bond acceptors (Lipinski definition) is 11. The van der Waals surface area contributed by atoms with Crippen LogP contribution in [0, 0.1) is 0 Å². The minimum absolute atomic E-state index is 0.114. The fourth-order valence-electron chi connectivity index (χ4n) is 5.39. The normalized spacial score (nSPS) is 15.4. The smallest absolute Gasteiger partial charge is 0.472 e. The third-order valence-corrected chi connectivity index (χ3v) is 9.74. The fourth-order valence-corrected chi connectivity index (χ4v) is 6.17. The van der Waals surface area contributed by atoms with Crippen molar-refractivity contribution in [2.75, 3.05) is 19.8 Å². The molecule has 0 saturated carbocycles. The summed E-state index contributed by atoms with van der Waals surface area (Å²) in [5, 5.41) is 29.6. The molecule has 0 bridgehead atoms. The first-order valence-electron chi connectivity index (χ1n) is 20.8. The van der Waals surface area contributed by atoms with Gasteiger partial charge in [-0.2, -0.15) is 0 Å². The number of esters is 2. The minimum Gasteiger partial charge on any atom is -0.480 e. The van der Waals surface area contributed by atoms with Crippen molar-refractivity contribution in [3.8, 4) is 0 Å². The van der Waals surface area contributed by atoms with Gasteiger partial charge in [0.15, 0.2) is 6.10 Å². The van der Waals surface area contributed by atoms with Crippen LogP contribution in [0.15, 0.2) is 48.6 Å². The van der Waals surface area contributed by atoms with Crippen molar-refractivity contribution in [1.29, 1.82) is 0 Å². The van der Waals surface area contributed by atoms with Crippen molar-refractivity contribution >= 4 is 25.7 Å².